The summed E-state index contributed by atoms with van der Waals surface area (Å²) in [4.78, 5) is 4.18. The number of nitrogens with zero attached hydrogens (tertiary/aromatic N) is 1. The average molecular weight is 269 g/mol. The van der Waals surface area contributed by atoms with Crippen molar-refractivity contribution >= 4 is 28.6 Å². The van der Waals surface area contributed by atoms with E-state index in [1.807, 2.05) is 19.9 Å². The van der Waals surface area contributed by atoms with Gasteiger partial charge in [-0.25, -0.2) is 4.98 Å². The third-order valence-corrected chi connectivity index (χ3v) is 3.61. The summed E-state index contributed by atoms with van der Waals surface area (Å²) in [6, 6.07) is 3.69. The molecule has 0 aliphatic carbocycles. The van der Waals surface area contributed by atoms with Crippen LogP contribution in [0.5, 0.6) is 5.75 Å². The van der Waals surface area contributed by atoms with Crippen LogP contribution in [0, 0.1) is 13.8 Å². The fraction of sp³-hybridized carbons (Fsp3) is 0.250. The summed E-state index contributed by atoms with van der Waals surface area (Å²) in [6.07, 6.45) is 1.65. The molecule has 0 spiro atoms. The Labute approximate surface area is 109 Å². The fourth-order valence-corrected chi connectivity index (χ4v) is 2.43. The van der Waals surface area contributed by atoms with Gasteiger partial charge in [-0.15, -0.1) is 11.3 Å². The molecule has 90 valence electrons. The maximum Gasteiger partial charge on any atom is 0.118 e. The Balaban J connectivity index is 2.11. The molecule has 0 fully saturated rings. The first kappa shape index (κ1) is 12.2. The Morgan fingerprint density at radius 2 is 2.12 bits per heavy atom. The highest BCUT2D eigenvalue weighted by Gasteiger charge is 2.04. The highest BCUT2D eigenvalue weighted by atomic mass is 35.5. The topological polar surface area (TPSA) is 45.2 Å². The van der Waals surface area contributed by atoms with Crippen molar-refractivity contribution in [3.63, 3.8) is 0 Å². The van der Waals surface area contributed by atoms with Crippen molar-refractivity contribution in [2.24, 2.45) is 0 Å². The monoisotopic (exact) mass is 268 g/mol. The van der Waals surface area contributed by atoms with E-state index < -0.39 is 0 Å². The first-order chi connectivity index (χ1) is 8.06. The van der Waals surface area contributed by atoms with Crippen LogP contribution < -0.4 is 5.32 Å². The second-order valence-corrected chi connectivity index (χ2v) is 5.61. The molecule has 3 nitrogen and oxygen atoms in total. The van der Waals surface area contributed by atoms with Gasteiger partial charge in [-0.3, -0.25) is 0 Å². The van der Waals surface area contributed by atoms with Crippen molar-refractivity contribution in [3.05, 3.63) is 38.8 Å². The zero-order valence-electron chi connectivity index (χ0n) is 9.62. The number of hydrogen-bond donors (Lipinski definition) is 2. The van der Waals surface area contributed by atoms with E-state index in [-0.39, 0.29) is 0 Å². The van der Waals surface area contributed by atoms with Crippen LogP contribution in [-0.4, -0.2) is 10.1 Å². The molecule has 2 rings (SSSR count). The van der Waals surface area contributed by atoms with Crippen LogP contribution in [0.15, 0.2) is 18.3 Å². The lowest BCUT2D eigenvalue weighted by atomic mass is 10.1. The molecule has 17 heavy (non-hydrogen) atoms. The number of phenols is 1. The van der Waals surface area contributed by atoms with Crippen LogP contribution in [0.1, 0.15) is 16.1 Å². The van der Waals surface area contributed by atoms with Crippen molar-refractivity contribution in [2.75, 3.05) is 5.32 Å². The van der Waals surface area contributed by atoms with E-state index in [1.54, 1.807) is 12.3 Å². The molecule has 0 unspecified atom stereocenters. The van der Waals surface area contributed by atoms with Gasteiger partial charge < -0.3 is 10.4 Å². The average Bonchev–Trinajstić information content (AvgIpc) is 2.68. The van der Waals surface area contributed by atoms with Gasteiger partial charge in [0.05, 0.1) is 12.7 Å². The number of halogens is 1. The van der Waals surface area contributed by atoms with Crippen LogP contribution in [0.2, 0.25) is 4.34 Å². The highest BCUT2D eigenvalue weighted by Crippen LogP contribution is 2.26. The van der Waals surface area contributed by atoms with Gasteiger partial charge in [-0.05, 0) is 37.1 Å². The van der Waals surface area contributed by atoms with E-state index in [0.717, 1.165) is 21.8 Å². The molecular formula is C12H13ClN2OS. The van der Waals surface area contributed by atoms with E-state index in [4.69, 9.17) is 11.6 Å². The van der Waals surface area contributed by atoms with E-state index in [0.29, 0.717) is 16.6 Å². The van der Waals surface area contributed by atoms with Gasteiger partial charge in [0, 0.05) is 5.69 Å². The van der Waals surface area contributed by atoms with Gasteiger partial charge >= 0.3 is 0 Å². The molecule has 0 saturated carbocycles. The molecular weight excluding hydrogens is 256 g/mol. The molecule has 5 heteroatoms. The Bertz CT molecular complexity index is 539. The molecule has 0 aliphatic heterocycles. The molecule has 1 aromatic heterocycles. The van der Waals surface area contributed by atoms with Gasteiger partial charge in [-0.1, -0.05) is 11.6 Å². The number of aromatic hydroxyl groups is 1. The first-order valence-electron chi connectivity index (χ1n) is 5.20. The maximum atomic E-state index is 9.56. The Kier molecular flexibility index (Phi) is 3.54. The number of thiazole rings is 1. The van der Waals surface area contributed by atoms with E-state index in [1.165, 1.54) is 11.3 Å². The smallest absolute Gasteiger partial charge is 0.118 e. The number of aromatic nitrogens is 1. The van der Waals surface area contributed by atoms with Gasteiger partial charge in [0.25, 0.3) is 0 Å². The fourth-order valence-electron chi connectivity index (χ4n) is 1.53. The molecule has 0 amide bonds. The summed E-state index contributed by atoms with van der Waals surface area (Å²) in [7, 11) is 0. The summed E-state index contributed by atoms with van der Waals surface area (Å²) >= 11 is 7.28. The van der Waals surface area contributed by atoms with Crippen LogP contribution in [-0.2, 0) is 6.54 Å². The minimum Gasteiger partial charge on any atom is -0.508 e. The predicted molar refractivity (Wildman–Crippen MR) is 72.0 cm³/mol. The minimum absolute atomic E-state index is 0.324. The summed E-state index contributed by atoms with van der Waals surface area (Å²) in [6.45, 7) is 4.47. The summed E-state index contributed by atoms with van der Waals surface area (Å²) in [5.74, 6) is 0.324. The Morgan fingerprint density at radius 3 is 2.76 bits per heavy atom. The quantitative estimate of drug-likeness (QED) is 0.834. The molecule has 0 saturated heterocycles. The summed E-state index contributed by atoms with van der Waals surface area (Å²) in [5.41, 5.74) is 2.87. The number of aryl methyl sites for hydroxylation is 2. The molecule has 0 radical (unpaired) electrons. The molecule has 2 aromatic rings. The highest BCUT2D eigenvalue weighted by molar-refractivity contribution is 7.15. The van der Waals surface area contributed by atoms with Crippen LogP contribution in [0.3, 0.4) is 0 Å². The lowest BCUT2D eigenvalue weighted by Crippen LogP contribution is -2.00. The van der Waals surface area contributed by atoms with Gasteiger partial charge in [0.1, 0.15) is 15.1 Å². The number of anilines is 1. The van der Waals surface area contributed by atoms with Crippen molar-refractivity contribution in [3.8, 4) is 5.75 Å². The molecule has 1 heterocycles. The van der Waals surface area contributed by atoms with Gasteiger partial charge in [0.15, 0.2) is 0 Å². The summed E-state index contributed by atoms with van der Waals surface area (Å²) < 4.78 is 0.695. The zero-order chi connectivity index (χ0) is 12.4. The third kappa shape index (κ3) is 2.90. The molecule has 0 bridgehead atoms. The van der Waals surface area contributed by atoms with Crippen LogP contribution in [0.25, 0.3) is 0 Å². The van der Waals surface area contributed by atoms with Gasteiger partial charge in [-0.2, -0.15) is 0 Å². The largest absolute Gasteiger partial charge is 0.508 e. The maximum absolute atomic E-state index is 9.56. The molecule has 1 aromatic carbocycles. The SMILES string of the molecule is Cc1cc(NCc2ncc(Cl)s2)c(C)cc1O. The second kappa shape index (κ2) is 4.94. The van der Waals surface area contributed by atoms with Crippen molar-refractivity contribution in [1.82, 2.24) is 4.98 Å². The number of nitrogens with one attached hydrogen (secondary N) is 1. The lowest BCUT2D eigenvalue weighted by molar-refractivity contribution is 0.471. The molecule has 0 aliphatic rings. The lowest BCUT2D eigenvalue weighted by Gasteiger charge is -2.10. The standard InChI is InChI=1S/C12H13ClN2OS/c1-7-4-10(16)8(2)3-9(7)14-6-12-15-5-11(13)17-12/h3-5,14,16H,6H2,1-2H3. The minimum atomic E-state index is 0.324. The Morgan fingerprint density at radius 1 is 1.35 bits per heavy atom. The number of benzene rings is 1. The van der Waals surface area contributed by atoms with E-state index in [2.05, 4.69) is 10.3 Å². The normalized spacial score (nSPS) is 10.5. The Hall–Kier alpha value is -1.26. The zero-order valence-corrected chi connectivity index (χ0v) is 11.2. The second-order valence-electron chi connectivity index (χ2n) is 3.87. The number of hydrogen-bond acceptors (Lipinski definition) is 4. The van der Waals surface area contributed by atoms with Crippen molar-refractivity contribution < 1.29 is 5.11 Å². The molecule has 0 atom stereocenters. The first-order valence-corrected chi connectivity index (χ1v) is 6.40. The third-order valence-electron chi connectivity index (χ3n) is 2.50. The predicted octanol–water partition coefficient (Wildman–Crippen LogP) is 3.73. The molecule has 2 N–H and O–H groups in total. The van der Waals surface area contributed by atoms with E-state index >= 15 is 0 Å². The summed E-state index contributed by atoms with van der Waals surface area (Å²) in [5, 5.41) is 13.8. The van der Waals surface area contributed by atoms with Crippen LogP contribution >= 0.6 is 22.9 Å². The number of rotatable bonds is 3. The number of phenolic OH excluding ortho intramolecular Hbond substituents is 1. The van der Waals surface area contributed by atoms with Crippen molar-refractivity contribution in [2.45, 2.75) is 20.4 Å². The van der Waals surface area contributed by atoms with Gasteiger partial charge in [0.2, 0.25) is 0 Å². The van der Waals surface area contributed by atoms with Crippen LogP contribution in [0.4, 0.5) is 5.69 Å². The van der Waals surface area contributed by atoms with E-state index in [9.17, 15) is 5.11 Å². The van der Waals surface area contributed by atoms with Crippen molar-refractivity contribution in [1.29, 1.82) is 0 Å².